The van der Waals surface area contributed by atoms with Crippen LogP contribution in [0.25, 0.3) is 111 Å². The van der Waals surface area contributed by atoms with E-state index in [0.29, 0.717) is 17.5 Å². The molecular weight excluding hydrogens is 695 g/mol. The van der Waals surface area contributed by atoms with Gasteiger partial charge in [-0.15, -0.1) is 0 Å². The van der Waals surface area contributed by atoms with Crippen molar-refractivity contribution in [2.45, 2.75) is 0 Å². The van der Waals surface area contributed by atoms with Crippen molar-refractivity contribution in [3.63, 3.8) is 0 Å². The largest absolute Gasteiger partial charge is 0.455 e. The quantitative estimate of drug-likeness (QED) is 0.171. The number of hydrogen-bond acceptors (Lipinski definition) is 4. The zero-order valence-corrected chi connectivity index (χ0v) is 30.8. The monoisotopic (exact) mass is 727 g/mol. The molecule has 0 saturated carbocycles. The minimum absolute atomic E-state index is 0.596. The lowest BCUT2D eigenvalue weighted by molar-refractivity contribution is 0.670. The zero-order chi connectivity index (χ0) is 37.7. The van der Waals surface area contributed by atoms with Gasteiger partial charge in [-0.05, 0) is 61.5 Å². The Morgan fingerprint density at radius 1 is 0.298 bits per heavy atom. The summed E-state index contributed by atoms with van der Waals surface area (Å²) >= 11 is 0. The standard InChI is InChI=1S/C53H33N3O/c1-3-12-34(13-4-1)36-22-24-37(25-23-36)38-26-29-39(30-27-38)43-20-11-21-46-49-45-19-10-9-18-44(45)47(33-48(49)57-50(43)46)53-55-51(40-15-5-2-6-16-40)54-52(56-53)42-31-28-35-14-7-8-17-41(35)32-42/h1-33H. The minimum atomic E-state index is 0.596. The molecule has 0 amide bonds. The molecule has 2 heterocycles. The predicted octanol–water partition coefficient (Wildman–Crippen LogP) is 14.1. The molecule has 0 aliphatic carbocycles. The lowest BCUT2D eigenvalue weighted by atomic mass is 9.96. The number of furan rings is 1. The second-order valence-corrected chi connectivity index (χ2v) is 14.4. The first-order valence-corrected chi connectivity index (χ1v) is 19.2. The molecule has 4 nitrogen and oxygen atoms in total. The summed E-state index contributed by atoms with van der Waals surface area (Å²) in [4.78, 5) is 15.3. The molecule has 0 unspecified atom stereocenters. The van der Waals surface area contributed by atoms with Crippen molar-refractivity contribution in [2.75, 3.05) is 0 Å². The molecule has 266 valence electrons. The Morgan fingerprint density at radius 3 is 1.51 bits per heavy atom. The maximum atomic E-state index is 6.89. The molecule has 0 aliphatic rings. The summed E-state index contributed by atoms with van der Waals surface area (Å²) in [6.45, 7) is 0. The van der Waals surface area contributed by atoms with Crippen LogP contribution in [0.3, 0.4) is 0 Å². The van der Waals surface area contributed by atoms with E-state index in [4.69, 9.17) is 19.4 Å². The number of hydrogen-bond donors (Lipinski definition) is 0. The summed E-state index contributed by atoms with van der Waals surface area (Å²) in [6.07, 6.45) is 0. The summed E-state index contributed by atoms with van der Waals surface area (Å²) in [5.74, 6) is 1.84. The van der Waals surface area contributed by atoms with Gasteiger partial charge in [0, 0.05) is 33.0 Å². The molecule has 0 aliphatic heterocycles. The Kier molecular flexibility index (Phi) is 7.78. The third-order valence-electron chi connectivity index (χ3n) is 10.9. The van der Waals surface area contributed by atoms with Gasteiger partial charge in [0.1, 0.15) is 11.2 Å². The van der Waals surface area contributed by atoms with Gasteiger partial charge < -0.3 is 4.42 Å². The van der Waals surface area contributed by atoms with Crippen LogP contribution in [-0.4, -0.2) is 15.0 Å². The van der Waals surface area contributed by atoms with Gasteiger partial charge in [0.2, 0.25) is 0 Å². The number of rotatable bonds is 6. The van der Waals surface area contributed by atoms with E-state index in [1.54, 1.807) is 0 Å². The van der Waals surface area contributed by atoms with Crippen molar-refractivity contribution in [3.05, 3.63) is 200 Å². The van der Waals surface area contributed by atoms with Gasteiger partial charge in [-0.1, -0.05) is 188 Å². The van der Waals surface area contributed by atoms with Crippen LogP contribution in [0.4, 0.5) is 0 Å². The molecular formula is C53H33N3O. The maximum Gasteiger partial charge on any atom is 0.164 e. The van der Waals surface area contributed by atoms with Gasteiger partial charge in [0.05, 0.1) is 0 Å². The fraction of sp³-hybridized carbons (Fsp3) is 0. The first-order chi connectivity index (χ1) is 28.2. The zero-order valence-electron chi connectivity index (χ0n) is 30.8. The van der Waals surface area contributed by atoms with Crippen LogP contribution in [0.5, 0.6) is 0 Å². The molecule has 0 atom stereocenters. The normalized spacial score (nSPS) is 11.5. The fourth-order valence-electron chi connectivity index (χ4n) is 8.07. The Morgan fingerprint density at radius 2 is 0.807 bits per heavy atom. The van der Waals surface area contributed by atoms with Gasteiger partial charge in [-0.25, -0.2) is 15.0 Å². The molecule has 0 N–H and O–H groups in total. The molecule has 0 bridgehead atoms. The van der Waals surface area contributed by atoms with E-state index in [1.807, 2.05) is 36.4 Å². The Labute approximate surface area is 329 Å². The molecule has 0 radical (unpaired) electrons. The highest BCUT2D eigenvalue weighted by Gasteiger charge is 2.20. The molecule has 0 fully saturated rings. The van der Waals surface area contributed by atoms with E-state index < -0.39 is 0 Å². The number of fused-ring (bicyclic) bond motifs is 6. The van der Waals surface area contributed by atoms with E-state index in [-0.39, 0.29) is 0 Å². The molecule has 2 aromatic heterocycles. The molecule has 9 aromatic carbocycles. The molecule has 0 spiro atoms. The van der Waals surface area contributed by atoms with Gasteiger partial charge in [0.15, 0.2) is 17.5 Å². The number of aromatic nitrogens is 3. The maximum absolute atomic E-state index is 6.89. The molecule has 57 heavy (non-hydrogen) atoms. The van der Waals surface area contributed by atoms with Crippen molar-refractivity contribution in [3.8, 4) is 67.5 Å². The Hall–Kier alpha value is -7.69. The third kappa shape index (κ3) is 5.83. The molecule has 11 rings (SSSR count). The fourth-order valence-corrected chi connectivity index (χ4v) is 8.07. The molecule has 0 saturated heterocycles. The first-order valence-electron chi connectivity index (χ1n) is 19.2. The first kappa shape index (κ1) is 32.7. The highest BCUT2D eigenvalue weighted by atomic mass is 16.3. The van der Waals surface area contributed by atoms with Gasteiger partial charge in [0.25, 0.3) is 0 Å². The number of para-hydroxylation sites is 1. The second kappa shape index (κ2) is 13.6. The highest BCUT2D eigenvalue weighted by Crippen LogP contribution is 2.43. The Balaban J connectivity index is 1.04. The molecule has 4 heteroatoms. The van der Waals surface area contributed by atoms with E-state index in [9.17, 15) is 0 Å². The third-order valence-corrected chi connectivity index (χ3v) is 10.9. The van der Waals surface area contributed by atoms with E-state index in [1.165, 1.54) is 27.6 Å². The van der Waals surface area contributed by atoms with E-state index in [2.05, 4.69) is 164 Å². The predicted molar refractivity (Wildman–Crippen MR) is 235 cm³/mol. The second-order valence-electron chi connectivity index (χ2n) is 14.4. The van der Waals surface area contributed by atoms with Crippen molar-refractivity contribution < 1.29 is 4.42 Å². The minimum Gasteiger partial charge on any atom is -0.455 e. The average Bonchev–Trinajstić information content (AvgIpc) is 3.68. The smallest absolute Gasteiger partial charge is 0.164 e. The number of nitrogens with zero attached hydrogens (tertiary/aromatic N) is 3. The SMILES string of the molecule is c1ccc(-c2ccc(-c3ccc(-c4cccc5c4oc4cc(-c6nc(-c7ccccc7)nc(-c7ccc8ccccc8c7)n6)c6ccccc6c45)cc3)cc2)cc1. The lowest BCUT2D eigenvalue weighted by Gasteiger charge is -2.11. The van der Waals surface area contributed by atoms with E-state index >= 15 is 0 Å². The summed E-state index contributed by atoms with van der Waals surface area (Å²) in [6, 6.07) is 69.9. The summed E-state index contributed by atoms with van der Waals surface area (Å²) < 4.78 is 6.89. The van der Waals surface area contributed by atoms with Gasteiger partial charge >= 0.3 is 0 Å². The average molecular weight is 728 g/mol. The number of benzene rings is 9. The van der Waals surface area contributed by atoms with Crippen LogP contribution >= 0.6 is 0 Å². The van der Waals surface area contributed by atoms with Gasteiger partial charge in [-0.2, -0.15) is 0 Å². The topological polar surface area (TPSA) is 51.8 Å². The summed E-state index contributed by atoms with van der Waals surface area (Å²) in [7, 11) is 0. The van der Waals surface area contributed by atoms with Gasteiger partial charge in [-0.3, -0.25) is 0 Å². The van der Waals surface area contributed by atoms with Crippen molar-refractivity contribution in [1.29, 1.82) is 0 Å². The van der Waals surface area contributed by atoms with Crippen LogP contribution < -0.4 is 0 Å². The van der Waals surface area contributed by atoms with Crippen LogP contribution in [-0.2, 0) is 0 Å². The highest BCUT2D eigenvalue weighted by molar-refractivity contribution is 6.23. The summed E-state index contributed by atoms with van der Waals surface area (Å²) in [5.41, 5.74) is 11.3. The van der Waals surface area contributed by atoms with Crippen LogP contribution in [0.2, 0.25) is 0 Å². The van der Waals surface area contributed by atoms with Crippen LogP contribution in [0.1, 0.15) is 0 Å². The van der Waals surface area contributed by atoms with Crippen LogP contribution in [0, 0.1) is 0 Å². The van der Waals surface area contributed by atoms with Crippen molar-refractivity contribution >= 4 is 43.5 Å². The molecule has 11 aromatic rings. The summed E-state index contributed by atoms with van der Waals surface area (Å²) in [5, 5.41) is 6.59. The Bertz CT molecular complexity index is 3260. The van der Waals surface area contributed by atoms with Crippen molar-refractivity contribution in [1.82, 2.24) is 15.0 Å². The van der Waals surface area contributed by atoms with Crippen LogP contribution in [0.15, 0.2) is 205 Å². The van der Waals surface area contributed by atoms with E-state index in [0.717, 1.165) is 65.9 Å². The lowest BCUT2D eigenvalue weighted by Crippen LogP contribution is -2.00. The van der Waals surface area contributed by atoms with Crippen molar-refractivity contribution in [2.24, 2.45) is 0 Å².